The Balaban J connectivity index is 2.12. The topological polar surface area (TPSA) is 129 Å². The van der Waals surface area contributed by atoms with E-state index in [4.69, 9.17) is 9.84 Å². The standard InChI is InChI=1S/C13H19N3O6S/c1-22-6-4-15-23(20,21)9-7-10(14-8-9)12(17)16-5-2-3-11(16)13(18)19/h7-8,11,14-15H,2-6H2,1H3,(H,18,19)/t11-/m1/s1. The first-order chi connectivity index (χ1) is 10.9. The Morgan fingerprint density at radius 2 is 2.26 bits per heavy atom. The molecule has 128 valence electrons. The van der Waals surface area contributed by atoms with Crippen molar-refractivity contribution in [1.82, 2.24) is 14.6 Å². The van der Waals surface area contributed by atoms with Gasteiger partial charge in [0, 0.05) is 26.4 Å². The van der Waals surface area contributed by atoms with Crippen LogP contribution in [0.1, 0.15) is 23.3 Å². The maximum atomic E-state index is 12.4. The van der Waals surface area contributed by atoms with Crippen molar-refractivity contribution in [2.75, 3.05) is 26.8 Å². The zero-order valence-corrected chi connectivity index (χ0v) is 13.4. The van der Waals surface area contributed by atoms with E-state index < -0.39 is 27.9 Å². The molecule has 0 bridgehead atoms. The largest absolute Gasteiger partial charge is 0.480 e. The fourth-order valence-electron chi connectivity index (χ4n) is 2.44. The Kier molecular flexibility index (Phi) is 5.39. The molecule has 0 spiro atoms. The number of aromatic nitrogens is 1. The van der Waals surface area contributed by atoms with Gasteiger partial charge in [-0.15, -0.1) is 0 Å². The van der Waals surface area contributed by atoms with Crippen molar-refractivity contribution in [2.24, 2.45) is 0 Å². The lowest BCUT2D eigenvalue weighted by molar-refractivity contribution is -0.141. The van der Waals surface area contributed by atoms with E-state index in [9.17, 15) is 18.0 Å². The predicted molar refractivity (Wildman–Crippen MR) is 79.6 cm³/mol. The second-order valence-electron chi connectivity index (χ2n) is 5.13. The average molecular weight is 345 g/mol. The lowest BCUT2D eigenvalue weighted by atomic mass is 10.2. The van der Waals surface area contributed by atoms with Gasteiger partial charge >= 0.3 is 5.97 Å². The third-order valence-corrected chi connectivity index (χ3v) is 5.03. The molecule has 0 saturated carbocycles. The maximum Gasteiger partial charge on any atom is 0.326 e. The van der Waals surface area contributed by atoms with E-state index in [0.29, 0.717) is 19.4 Å². The van der Waals surface area contributed by atoms with Gasteiger partial charge < -0.3 is 19.7 Å². The molecular formula is C13H19N3O6S. The van der Waals surface area contributed by atoms with Crippen molar-refractivity contribution >= 4 is 21.9 Å². The number of aromatic amines is 1. The first-order valence-corrected chi connectivity index (χ1v) is 8.56. The molecule has 1 aromatic rings. The molecule has 3 N–H and O–H groups in total. The summed E-state index contributed by atoms with van der Waals surface area (Å²) in [4.78, 5) is 27.3. The number of amides is 1. The summed E-state index contributed by atoms with van der Waals surface area (Å²) < 4.78 is 31.2. The van der Waals surface area contributed by atoms with Crippen LogP contribution in [0.5, 0.6) is 0 Å². The summed E-state index contributed by atoms with van der Waals surface area (Å²) in [6, 6.07) is 0.333. The molecule has 1 aliphatic rings. The number of nitrogens with one attached hydrogen (secondary N) is 2. The van der Waals surface area contributed by atoms with Crippen LogP contribution in [0.2, 0.25) is 0 Å². The Morgan fingerprint density at radius 3 is 2.91 bits per heavy atom. The molecule has 2 heterocycles. The zero-order chi connectivity index (χ0) is 17.0. The van der Waals surface area contributed by atoms with Gasteiger partial charge in [-0.05, 0) is 18.9 Å². The summed E-state index contributed by atoms with van der Waals surface area (Å²) in [5, 5.41) is 9.11. The third-order valence-electron chi connectivity index (χ3n) is 3.59. The monoisotopic (exact) mass is 345 g/mol. The minimum atomic E-state index is -3.75. The molecule has 1 aromatic heterocycles. The first-order valence-electron chi connectivity index (χ1n) is 7.07. The second kappa shape index (κ2) is 7.11. The molecule has 23 heavy (non-hydrogen) atoms. The molecule has 0 unspecified atom stereocenters. The Labute approximate surface area is 133 Å². The summed E-state index contributed by atoms with van der Waals surface area (Å²) in [5.74, 6) is -1.58. The maximum absolute atomic E-state index is 12.4. The number of carbonyl (C=O) groups is 2. The molecule has 0 radical (unpaired) electrons. The van der Waals surface area contributed by atoms with E-state index >= 15 is 0 Å². The summed E-state index contributed by atoms with van der Waals surface area (Å²) in [7, 11) is -2.29. The molecule has 1 amide bonds. The van der Waals surface area contributed by atoms with Crippen LogP contribution >= 0.6 is 0 Å². The molecule has 0 aliphatic carbocycles. The van der Waals surface area contributed by atoms with E-state index in [1.54, 1.807) is 0 Å². The highest BCUT2D eigenvalue weighted by Gasteiger charge is 2.35. The number of likely N-dealkylation sites (tertiary alicyclic amines) is 1. The van der Waals surface area contributed by atoms with Gasteiger partial charge in [0.05, 0.1) is 6.61 Å². The molecule has 2 rings (SSSR count). The number of hydrogen-bond donors (Lipinski definition) is 3. The van der Waals surface area contributed by atoms with Gasteiger partial charge in [0.15, 0.2) is 0 Å². The molecule has 1 saturated heterocycles. The van der Waals surface area contributed by atoms with Gasteiger partial charge in [0.1, 0.15) is 16.6 Å². The second-order valence-corrected chi connectivity index (χ2v) is 6.90. The van der Waals surface area contributed by atoms with Gasteiger partial charge in [-0.3, -0.25) is 4.79 Å². The van der Waals surface area contributed by atoms with Crippen LogP contribution < -0.4 is 4.72 Å². The van der Waals surface area contributed by atoms with Gasteiger partial charge in [-0.2, -0.15) is 0 Å². The fraction of sp³-hybridized carbons (Fsp3) is 0.538. The Hall–Kier alpha value is -1.91. The number of sulfonamides is 1. The van der Waals surface area contributed by atoms with E-state index in [1.165, 1.54) is 24.3 Å². The highest BCUT2D eigenvalue weighted by molar-refractivity contribution is 7.89. The summed E-state index contributed by atoms with van der Waals surface area (Å²) in [5.41, 5.74) is 0.0465. The number of rotatable bonds is 7. The van der Waals surface area contributed by atoms with Crippen molar-refractivity contribution in [3.05, 3.63) is 18.0 Å². The van der Waals surface area contributed by atoms with Gasteiger partial charge in [0.2, 0.25) is 10.0 Å². The molecule has 1 fully saturated rings. The Morgan fingerprint density at radius 1 is 1.52 bits per heavy atom. The molecule has 9 nitrogen and oxygen atoms in total. The molecule has 1 aliphatic heterocycles. The van der Waals surface area contributed by atoms with Crippen LogP contribution in [0.25, 0.3) is 0 Å². The van der Waals surface area contributed by atoms with Crippen LogP contribution in [0.3, 0.4) is 0 Å². The van der Waals surface area contributed by atoms with Crippen LogP contribution in [-0.2, 0) is 19.6 Å². The minimum absolute atomic E-state index is 0.0465. The molecule has 0 aromatic carbocycles. The van der Waals surface area contributed by atoms with Crippen LogP contribution in [0.15, 0.2) is 17.2 Å². The lowest BCUT2D eigenvalue weighted by Crippen LogP contribution is -2.40. The number of hydrogen-bond acceptors (Lipinski definition) is 5. The minimum Gasteiger partial charge on any atom is -0.480 e. The number of nitrogens with zero attached hydrogens (tertiary/aromatic N) is 1. The number of H-pyrrole nitrogens is 1. The van der Waals surface area contributed by atoms with E-state index in [1.807, 2.05) is 0 Å². The SMILES string of the molecule is COCCNS(=O)(=O)c1c[nH]c(C(=O)N2CCC[C@@H]2C(=O)O)c1. The van der Waals surface area contributed by atoms with E-state index in [-0.39, 0.29) is 23.7 Å². The highest BCUT2D eigenvalue weighted by Crippen LogP contribution is 2.21. The Bertz CT molecular complexity index is 684. The first kappa shape index (κ1) is 17.4. The number of carbonyl (C=O) groups excluding carboxylic acids is 1. The number of carboxylic acids is 1. The van der Waals surface area contributed by atoms with Crippen molar-refractivity contribution in [3.8, 4) is 0 Å². The molecule has 1 atom stereocenters. The van der Waals surface area contributed by atoms with Crippen molar-refractivity contribution < 1.29 is 27.9 Å². The number of carboxylic acid groups (broad SMARTS) is 1. The highest BCUT2D eigenvalue weighted by atomic mass is 32.2. The van der Waals surface area contributed by atoms with Crippen LogP contribution in [0.4, 0.5) is 0 Å². The lowest BCUT2D eigenvalue weighted by Gasteiger charge is -2.20. The van der Waals surface area contributed by atoms with Crippen LogP contribution in [-0.4, -0.2) is 68.1 Å². The van der Waals surface area contributed by atoms with Crippen molar-refractivity contribution in [1.29, 1.82) is 0 Å². The van der Waals surface area contributed by atoms with E-state index in [2.05, 4.69) is 9.71 Å². The third kappa shape index (κ3) is 3.89. The average Bonchev–Trinajstić information content (AvgIpc) is 3.16. The van der Waals surface area contributed by atoms with Crippen molar-refractivity contribution in [3.63, 3.8) is 0 Å². The molecular weight excluding hydrogens is 326 g/mol. The van der Waals surface area contributed by atoms with Gasteiger partial charge in [-0.25, -0.2) is 17.9 Å². The summed E-state index contributed by atoms with van der Waals surface area (Å²) in [6.07, 6.45) is 2.20. The smallest absolute Gasteiger partial charge is 0.326 e. The number of aliphatic carboxylic acids is 1. The van der Waals surface area contributed by atoms with E-state index in [0.717, 1.165) is 0 Å². The van der Waals surface area contributed by atoms with Crippen molar-refractivity contribution in [2.45, 2.75) is 23.8 Å². The number of methoxy groups -OCH3 is 1. The number of ether oxygens (including phenoxy) is 1. The fourth-order valence-corrected chi connectivity index (χ4v) is 3.44. The molecule has 10 heteroatoms. The quantitative estimate of drug-likeness (QED) is 0.578. The summed E-state index contributed by atoms with van der Waals surface area (Å²) in [6.45, 7) is 0.674. The zero-order valence-electron chi connectivity index (χ0n) is 12.6. The van der Waals surface area contributed by atoms with Crippen LogP contribution in [0, 0.1) is 0 Å². The normalized spacial score (nSPS) is 18.3. The van der Waals surface area contributed by atoms with Gasteiger partial charge in [-0.1, -0.05) is 0 Å². The predicted octanol–water partition coefficient (Wildman–Crippen LogP) is -0.371. The van der Waals surface area contributed by atoms with Gasteiger partial charge in [0.25, 0.3) is 5.91 Å². The summed E-state index contributed by atoms with van der Waals surface area (Å²) >= 11 is 0.